The van der Waals surface area contributed by atoms with E-state index in [1.807, 2.05) is 6.92 Å². The van der Waals surface area contributed by atoms with Crippen LogP contribution in [0.25, 0.3) is 0 Å². The van der Waals surface area contributed by atoms with Gasteiger partial charge < -0.3 is 15.9 Å². The molecule has 0 saturated carbocycles. The molecule has 0 aromatic rings. The van der Waals surface area contributed by atoms with E-state index in [0.717, 1.165) is 45.3 Å². The van der Waals surface area contributed by atoms with E-state index < -0.39 is 0 Å². The van der Waals surface area contributed by atoms with Gasteiger partial charge in [0.1, 0.15) is 0 Å². The van der Waals surface area contributed by atoms with E-state index in [0.29, 0.717) is 6.54 Å². The molecule has 0 bridgehead atoms. The van der Waals surface area contributed by atoms with Crippen LogP contribution < -0.4 is 5.73 Å². The highest BCUT2D eigenvalue weighted by molar-refractivity contribution is 5.79. The van der Waals surface area contributed by atoms with E-state index in [4.69, 9.17) is 5.73 Å². The number of hydrogen-bond acceptors (Lipinski definition) is 5. The molecule has 2 aliphatic heterocycles. The summed E-state index contributed by atoms with van der Waals surface area (Å²) in [6, 6.07) is -0.180. The van der Waals surface area contributed by atoms with Crippen molar-refractivity contribution >= 4 is 5.91 Å². The second-order valence-corrected chi connectivity index (χ2v) is 6.57. The SMILES string of the molecule is C[C@H]1CN([C@@H](CO)CN2CCCCC2C(N)=O)CC[C@@H]1O. The van der Waals surface area contributed by atoms with Gasteiger partial charge in [0.25, 0.3) is 0 Å². The average molecular weight is 299 g/mol. The summed E-state index contributed by atoms with van der Waals surface area (Å²) in [5.41, 5.74) is 5.50. The molecular weight excluding hydrogens is 270 g/mol. The van der Waals surface area contributed by atoms with Crippen LogP contribution in [0.4, 0.5) is 0 Å². The summed E-state index contributed by atoms with van der Waals surface area (Å²) in [7, 11) is 0. The number of likely N-dealkylation sites (tertiary alicyclic amines) is 2. The number of nitrogens with zero attached hydrogens (tertiary/aromatic N) is 2. The predicted molar refractivity (Wildman–Crippen MR) is 80.6 cm³/mol. The van der Waals surface area contributed by atoms with Gasteiger partial charge in [-0.3, -0.25) is 14.6 Å². The molecule has 4 N–H and O–H groups in total. The topological polar surface area (TPSA) is 90.0 Å². The quantitative estimate of drug-likeness (QED) is 0.630. The van der Waals surface area contributed by atoms with Crippen LogP contribution in [0.2, 0.25) is 0 Å². The molecule has 1 amide bonds. The molecule has 6 heteroatoms. The van der Waals surface area contributed by atoms with E-state index in [9.17, 15) is 15.0 Å². The third kappa shape index (κ3) is 4.16. The Bertz CT molecular complexity index is 353. The summed E-state index contributed by atoms with van der Waals surface area (Å²) >= 11 is 0. The molecule has 4 atom stereocenters. The van der Waals surface area contributed by atoms with Gasteiger partial charge in [-0.15, -0.1) is 0 Å². The standard InChI is InChI=1S/C15H29N3O3/c1-11-8-17(7-5-14(11)20)12(10-19)9-18-6-3-2-4-13(18)15(16)21/h11-14,19-20H,2-10H2,1H3,(H2,16,21)/t11-,12+,13?,14-/m0/s1. The van der Waals surface area contributed by atoms with Crippen molar-refractivity contribution in [2.75, 3.05) is 32.8 Å². The van der Waals surface area contributed by atoms with Crippen molar-refractivity contribution in [3.8, 4) is 0 Å². The van der Waals surface area contributed by atoms with Crippen molar-refractivity contribution in [2.45, 2.75) is 50.8 Å². The van der Waals surface area contributed by atoms with Crippen LogP contribution in [-0.2, 0) is 4.79 Å². The second kappa shape index (κ2) is 7.54. The molecule has 122 valence electrons. The van der Waals surface area contributed by atoms with Crippen LogP contribution in [0, 0.1) is 5.92 Å². The van der Waals surface area contributed by atoms with Crippen LogP contribution >= 0.6 is 0 Å². The average Bonchev–Trinajstić information content (AvgIpc) is 2.48. The third-order valence-corrected chi connectivity index (χ3v) is 5.01. The van der Waals surface area contributed by atoms with Crippen LogP contribution in [-0.4, -0.2) is 76.9 Å². The molecular formula is C15H29N3O3. The second-order valence-electron chi connectivity index (χ2n) is 6.57. The zero-order chi connectivity index (χ0) is 15.4. The van der Waals surface area contributed by atoms with E-state index >= 15 is 0 Å². The maximum atomic E-state index is 11.6. The zero-order valence-electron chi connectivity index (χ0n) is 12.9. The molecule has 21 heavy (non-hydrogen) atoms. The first-order chi connectivity index (χ1) is 10.0. The molecule has 2 saturated heterocycles. The Hall–Kier alpha value is -0.690. The lowest BCUT2D eigenvalue weighted by atomic mass is 9.95. The zero-order valence-corrected chi connectivity index (χ0v) is 12.9. The number of carbonyl (C=O) groups excluding carboxylic acids is 1. The molecule has 0 aliphatic carbocycles. The van der Waals surface area contributed by atoms with Crippen molar-refractivity contribution in [3.05, 3.63) is 0 Å². The van der Waals surface area contributed by atoms with Crippen molar-refractivity contribution < 1.29 is 15.0 Å². The normalized spacial score (nSPS) is 33.8. The Morgan fingerprint density at radius 1 is 1.33 bits per heavy atom. The Balaban J connectivity index is 1.96. The van der Waals surface area contributed by atoms with Gasteiger partial charge in [-0.2, -0.15) is 0 Å². The number of aliphatic hydroxyl groups is 2. The van der Waals surface area contributed by atoms with E-state index in [-0.39, 0.29) is 36.6 Å². The lowest BCUT2D eigenvalue weighted by Gasteiger charge is -2.42. The molecule has 0 radical (unpaired) electrons. The van der Waals surface area contributed by atoms with Gasteiger partial charge in [0.2, 0.25) is 5.91 Å². The van der Waals surface area contributed by atoms with Crippen LogP contribution in [0.15, 0.2) is 0 Å². The maximum absolute atomic E-state index is 11.6. The highest BCUT2D eigenvalue weighted by Gasteiger charge is 2.33. The Kier molecular flexibility index (Phi) is 5.98. The Labute approximate surface area is 126 Å². The summed E-state index contributed by atoms with van der Waals surface area (Å²) in [4.78, 5) is 15.9. The monoisotopic (exact) mass is 299 g/mol. The number of nitrogens with two attached hydrogens (primary N) is 1. The first-order valence-corrected chi connectivity index (χ1v) is 8.09. The minimum atomic E-state index is -0.256. The van der Waals surface area contributed by atoms with E-state index in [1.165, 1.54) is 0 Å². The molecule has 0 aromatic carbocycles. The highest BCUT2D eigenvalue weighted by atomic mass is 16.3. The minimum absolute atomic E-state index is 0.0138. The van der Waals surface area contributed by atoms with E-state index in [1.54, 1.807) is 0 Å². The van der Waals surface area contributed by atoms with Crippen molar-refractivity contribution in [1.29, 1.82) is 0 Å². The number of carbonyl (C=O) groups is 1. The van der Waals surface area contributed by atoms with Gasteiger partial charge in [0.15, 0.2) is 0 Å². The first kappa shape index (κ1) is 16.7. The van der Waals surface area contributed by atoms with Gasteiger partial charge >= 0.3 is 0 Å². The molecule has 2 rings (SSSR count). The van der Waals surface area contributed by atoms with Crippen molar-refractivity contribution in [2.24, 2.45) is 11.7 Å². The Morgan fingerprint density at radius 3 is 2.71 bits per heavy atom. The number of piperidine rings is 2. The minimum Gasteiger partial charge on any atom is -0.395 e. The number of aliphatic hydroxyl groups excluding tert-OH is 2. The maximum Gasteiger partial charge on any atom is 0.234 e. The van der Waals surface area contributed by atoms with Crippen molar-refractivity contribution in [3.63, 3.8) is 0 Å². The summed E-state index contributed by atoms with van der Waals surface area (Å²) in [6.07, 6.45) is 3.45. The fourth-order valence-corrected chi connectivity index (χ4v) is 3.59. The summed E-state index contributed by atoms with van der Waals surface area (Å²) < 4.78 is 0. The molecule has 0 aromatic heterocycles. The van der Waals surface area contributed by atoms with Crippen molar-refractivity contribution in [1.82, 2.24) is 9.80 Å². The smallest absolute Gasteiger partial charge is 0.234 e. The van der Waals surface area contributed by atoms with Gasteiger partial charge in [-0.25, -0.2) is 0 Å². The lowest BCUT2D eigenvalue weighted by molar-refractivity contribution is -0.125. The summed E-state index contributed by atoms with van der Waals surface area (Å²) in [5.74, 6) is -0.0325. The number of amides is 1. The number of rotatable bonds is 5. The molecule has 1 unspecified atom stereocenters. The van der Waals surface area contributed by atoms with Crippen LogP contribution in [0.5, 0.6) is 0 Å². The van der Waals surface area contributed by atoms with Gasteiger partial charge in [-0.05, 0) is 31.7 Å². The molecule has 2 heterocycles. The summed E-state index contributed by atoms with van der Waals surface area (Å²) in [5, 5.41) is 19.6. The van der Waals surface area contributed by atoms with Gasteiger partial charge in [0, 0.05) is 25.7 Å². The third-order valence-electron chi connectivity index (χ3n) is 5.01. The number of hydrogen-bond donors (Lipinski definition) is 3. The fourth-order valence-electron chi connectivity index (χ4n) is 3.59. The van der Waals surface area contributed by atoms with E-state index in [2.05, 4.69) is 9.80 Å². The predicted octanol–water partition coefficient (Wildman–Crippen LogP) is -0.610. The van der Waals surface area contributed by atoms with Gasteiger partial charge in [-0.1, -0.05) is 13.3 Å². The lowest BCUT2D eigenvalue weighted by Crippen LogP contribution is -2.56. The molecule has 2 fully saturated rings. The summed E-state index contributed by atoms with van der Waals surface area (Å²) in [6.45, 7) is 5.25. The van der Waals surface area contributed by atoms with Crippen LogP contribution in [0.3, 0.4) is 0 Å². The fraction of sp³-hybridized carbons (Fsp3) is 0.933. The Morgan fingerprint density at radius 2 is 2.10 bits per heavy atom. The number of primary amides is 1. The molecule has 0 spiro atoms. The van der Waals surface area contributed by atoms with Gasteiger partial charge in [0.05, 0.1) is 18.8 Å². The van der Waals surface area contributed by atoms with Crippen LogP contribution in [0.1, 0.15) is 32.6 Å². The molecule has 2 aliphatic rings. The molecule has 6 nitrogen and oxygen atoms in total. The first-order valence-electron chi connectivity index (χ1n) is 8.09. The largest absolute Gasteiger partial charge is 0.395 e. The highest BCUT2D eigenvalue weighted by Crippen LogP contribution is 2.22.